The summed E-state index contributed by atoms with van der Waals surface area (Å²) in [5, 5.41) is 9.95. The van der Waals surface area contributed by atoms with Crippen LogP contribution in [0, 0.1) is 12.8 Å². The van der Waals surface area contributed by atoms with Gasteiger partial charge in [-0.3, -0.25) is 4.98 Å². The summed E-state index contributed by atoms with van der Waals surface area (Å²) in [6.45, 7) is 2.00. The van der Waals surface area contributed by atoms with E-state index in [0.717, 1.165) is 23.5 Å². The van der Waals surface area contributed by atoms with Gasteiger partial charge in [0, 0.05) is 12.4 Å². The van der Waals surface area contributed by atoms with Gasteiger partial charge >= 0.3 is 0 Å². The topological polar surface area (TPSA) is 33.1 Å². The van der Waals surface area contributed by atoms with Gasteiger partial charge in [0.05, 0.1) is 6.10 Å². The van der Waals surface area contributed by atoms with E-state index >= 15 is 0 Å². The molecule has 1 aliphatic rings. The van der Waals surface area contributed by atoms with E-state index < -0.39 is 0 Å². The molecule has 2 nitrogen and oxygen atoms in total. The SMILES string of the molecule is Cc1cnccc1C(O)CCC1CC1. The molecule has 0 amide bonds. The Kier molecular flexibility index (Phi) is 2.82. The van der Waals surface area contributed by atoms with Crippen LogP contribution in [0.25, 0.3) is 0 Å². The van der Waals surface area contributed by atoms with Crippen molar-refractivity contribution in [3.05, 3.63) is 29.6 Å². The molecular weight excluding hydrogens is 174 g/mol. The van der Waals surface area contributed by atoms with Gasteiger partial charge in [-0.25, -0.2) is 0 Å². The lowest BCUT2D eigenvalue weighted by atomic mass is 10.0. The van der Waals surface area contributed by atoms with E-state index in [-0.39, 0.29) is 6.10 Å². The molecule has 1 fully saturated rings. The third kappa shape index (κ3) is 2.32. The molecule has 0 radical (unpaired) electrons. The van der Waals surface area contributed by atoms with Gasteiger partial charge in [0.25, 0.3) is 0 Å². The molecule has 1 atom stereocenters. The van der Waals surface area contributed by atoms with Crippen molar-refractivity contribution in [2.24, 2.45) is 5.92 Å². The minimum absolute atomic E-state index is 0.293. The number of aryl methyl sites for hydroxylation is 1. The molecule has 0 aromatic carbocycles. The van der Waals surface area contributed by atoms with E-state index in [1.807, 2.05) is 19.2 Å². The number of aliphatic hydroxyl groups is 1. The molecule has 1 aromatic heterocycles. The Hall–Kier alpha value is -0.890. The van der Waals surface area contributed by atoms with Crippen molar-refractivity contribution in [3.63, 3.8) is 0 Å². The Balaban J connectivity index is 1.95. The van der Waals surface area contributed by atoms with E-state index in [1.54, 1.807) is 6.20 Å². The Morgan fingerprint density at radius 1 is 1.57 bits per heavy atom. The van der Waals surface area contributed by atoms with E-state index in [9.17, 15) is 5.11 Å². The first-order chi connectivity index (χ1) is 6.77. The molecule has 2 heteroatoms. The predicted molar refractivity (Wildman–Crippen MR) is 55.9 cm³/mol. The normalized spacial score (nSPS) is 18.1. The minimum Gasteiger partial charge on any atom is -0.388 e. The van der Waals surface area contributed by atoms with Crippen LogP contribution in [-0.2, 0) is 0 Å². The first-order valence-electron chi connectivity index (χ1n) is 5.36. The summed E-state index contributed by atoms with van der Waals surface area (Å²) in [5.74, 6) is 0.895. The van der Waals surface area contributed by atoms with Gasteiger partial charge in [-0.1, -0.05) is 12.8 Å². The summed E-state index contributed by atoms with van der Waals surface area (Å²) in [6.07, 6.45) is 8.07. The van der Waals surface area contributed by atoms with E-state index in [2.05, 4.69) is 4.98 Å². The maximum atomic E-state index is 9.95. The van der Waals surface area contributed by atoms with E-state index in [1.165, 1.54) is 19.3 Å². The first-order valence-corrected chi connectivity index (χ1v) is 5.36. The smallest absolute Gasteiger partial charge is 0.0793 e. The fraction of sp³-hybridized carbons (Fsp3) is 0.583. The molecule has 2 rings (SSSR count). The van der Waals surface area contributed by atoms with E-state index in [4.69, 9.17) is 0 Å². The quantitative estimate of drug-likeness (QED) is 0.793. The van der Waals surface area contributed by atoms with Crippen LogP contribution in [0.3, 0.4) is 0 Å². The molecule has 76 valence electrons. The summed E-state index contributed by atoms with van der Waals surface area (Å²) in [6, 6.07) is 1.92. The fourth-order valence-corrected chi connectivity index (χ4v) is 1.81. The van der Waals surface area contributed by atoms with Crippen LogP contribution in [0.4, 0.5) is 0 Å². The molecule has 1 saturated carbocycles. The molecule has 0 saturated heterocycles. The van der Waals surface area contributed by atoms with Crippen LogP contribution >= 0.6 is 0 Å². The van der Waals surface area contributed by atoms with Crippen LogP contribution in [0.2, 0.25) is 0 Å². The lowest BCUT2D eigenvalue weighted by Gasteiger charge is -2.12. The van der Waals surface area contributed by atoms with Crippen molar-refractivity contribution in [3.8, 4) is 0 Å². The average Bonchev–Trinajstić information content (AvgIpc) is 2.98. The standard InChI is InChI=1S/C12H17NO/c1-9-8-13-7-6-11(9)12(14)5-4-10-2-3-10/h6-8,10,12,14H,2-5H2,1H3. The lowest BCUT2D eigenvalue weighted by Crippen LogP contribution is -2.00. The number of aliphatic hydroxyl groups excluding tert-OH is 1. The Morgan fingerprint density at radius 2 is 2.36 bits per heavy atom. The van der Waals surface area contributed by atoms with Crippen molar-refractivity contribution in [2.45, 2.75) is 38.7 Å². The molecule has 0 aliphatic heterocycles. The van der Waals surface area contributed by atoms with Crippen molar-refractivity contribution in [1.29, 1.82) is 0 Å². The number of hydrogen-bond donors (Lipinski definition) is 1. The highest BCUT2D eigenvalue weighted by atomic mass is 16.3. The van der Waals surface area contributed by atoms with Gasteiger partial charge in [0.2, 0.25) is 0 Å². The van der Waals surface area contributed by atoms with Crippen molar-refractivity contribution in [1.82, 2.24) is 4.98 Å². The molecule has 0 bridgehead atoms. The molecule has 1 aromatic rings. The Labute approximate surface area is 85.0 Å². The number of aromatic nitrogens is 1. The lowest BCUT2D eigenvalue weighted by molar-refractivity contribution is 0.161. The largest absolute Gasteiger partial charge is 0.388 e. The maximum Gasteiger partial charge on any atom is 0.0793 e. The van der Waals surface area contributed by atoms with Gasteiger partial charge in [-0.05, 0) is 42.9 Å². The van der Waals surface area contributed by atoms with Crippen LogP contribution < -0.4 is 0 Å². The highest BCUT2D eigenvalue weighted by Gasteiger charge is 2.22. The zero-order valence-corrected chi connectivity index (χ0v) is 8.61. The molecule has 0 spiro atoms. The third-order valence-corrected chi connectivity index (χ3v) is 2.97. The number of nitrogens with zero attached hydrogens (tertiary/aromatic N) is 1. The van der Waals surface area contributed by atoms with Gasteiger partial charge in [-0.15, -0.1) is 0 Å². The second-order valence-corrected chi connectivity index (χ2v) is 4.27. The Morgan fingerprint density at radius 3 is 3.00 bits per heavy atom. The first kappa shape index (κ1) is 9.66. The van der Waals surface area contributed by atoms with Crippen LogP contribution in [-0.4, -0.2) is 10.1 Å². The third-order valence-electron chi connectivity index (χ3n) is 2.97. The molecule has 1 heterocycles. The summed E-state index contributed by atoms with van der Waals surface area (Å²) in [4.78, 5) is 4.02. The molecule has 1 aliphatic carbocycles. The van der Waals surface area contributed by atoms with Gasteiger partial charge in [0.1, 0.15) is 0 Å². The van der Waals surface area contributed by atoms with Gasteiger partial charge < -0.3 is 5.11 Å². The van der Waals surface area contributed by atoms with E-state index in [0.29, 0.717) is 0 Å². The monoisotopic (exact) mass is 191 g/mol. The summed E-state index contributed by atoms with van der Waals surface area (Å²) in [5.41, 5.74) is 2.14. The number of hydrogen-bond acceptors (Lipinski definition) is 2. The zero-order chi connectivity index (χ0) is 9.97. The molecule has 14 heavy (non-hydrogen) atoms. The highest BCUT2D eigenvalue weighted by molar-refractivity contribution is 5.23. The predicted octanol–water partition coefficient (Wildman–Crippen LogP) is 2.61. The second-order valence-electron chi connectivity index (χ2n) is 4.27. The van der Waals surface area contributed by atoms with Crippen molar-refractivity contribution >= 4 is 0 Å². The fourth-order valence-electron chi connectivity index (χ4n) is 1.81. The average molecular weight is 191 g/mol. The molecule has 1 N–H and O–H groups in total. The van der Waals surface area contributed by atoms with Crippen molar-refractivity contribution in [2.75, 3.05) is 0 Å². The van der Waals surface area contributed by atoms with Crippen LogP contribution in [0.5, 0.6) is 0 Å². The summed E-state index contributed by atoms with van der Waals surface area (Å²) < 4.78 is 0. The van der Waals surface area contributed by atoms with Gasteiger partial charge in [-0.2, -0.15) is 0 Å². The molecule has 1 unspecified atom stereocenters. The Bertz CT molecular complexity index is 307. The number of pyridine rings is 1. The maximum absolute atomic E-state index is 9.95. The summed E-state index contributed by atoms with van der Waals surface area (Å²) in [7, 11) is 0. The highest BCUT2D eigenvalue weighted by Crippen LogP contribution is 2.36. The minimum atomic E-state index is -0.293. The van der Waals surface area contributed by atoms with Crippen LogP contribution in [0.15, 0.2) is 18.5 Å². The second kappa shape index (κ2) is 4.09. The molecular formula is C12H17NO. The zero-order valence-electron chi connectivity index (χ0n) is 8.61. The van der Waals surface area contributed by atoms with Crippen molar-refractivity contribution < 1.29 is 5.11 Å². The summed E-state index contributed by atoms with van der Waals surface area (Å²) >= 11 is 0. The number of rotatable bonds is 4. The van der Waals surface area contributed by atoms with Gasteiger partial charge in [0.15, 0.2) is 0 Å². The van der Waals surface area contributed by atoms with Crippen LogP contribution in [0.1, 0.15) is 42.9 Å².